The minimum atomic E-state index is 0. The molecule has 0 aromatic heterocycles. The van der Waals surface area contributed by atoms with E-state index in [1.807, 2.05) is 18.2 Å². The summed E-state index contributed by atoms with van der Waals surface area (Å²) in [4.78, 5) is 18.5. The molecule has 0 heterocycles. The first-order valence-electron chi connectivity index (χ1n) is 9.82. The van der Waals surface area contributed by atoms with Crippen molar-refractivity contribution in [3.63, 3.8) is 0 Å². The minimum absolute atomic E-state index is 0. The van der Waals surface area contributed by atoms with Crippen LogP contribution in [-0.4, -0.2) is 50.5 Å². The number of hydrogen-bond donors (Lipinski definition) is 2. The van der Waals surface area contributed by atoms with E-state index >= 15 is 0 Å². The van der Waals surface area contributed by atoms with E-state index in [1.54, 1.807) is 19.0 Å². The van der Waals surface area contributed by atoms with Crippen molar-refractivity contribution in [2.24, 2.45) is 10.4 Å². The number of rotatable bonds is 8. The molecule has 1 fully saturated rings. The predicted octanol–water partition coefficient (Wildman–Crippen LogP) is 3.68. The minimum Gasteiger partial charge on any atom is -0.357 e. The number of benzene rings is 1. The monoisotopic (exact) mass is 486 g/mol. The zero-order valence-electron chi connectivity index (χ0n) is 17.2. The number of amides is 1. The molecule has 0 saturated heterocycles. The van der Waals surface area contributed by atoms with Crippen LogP contribution in [0, 0.1) is 5.41 Å². The number of nitrogens with one attached hydrogen (secondary N) is 2. The molecule has 0 radical (unpaired) electrons. The van der Waals surface area contributed by atoms with Gasteiger partial charge in [-0.15, -0.1) is 24.0 Å². The van der Waals surface area contributed by atoms with Gasteiger partial charge in [0.05, 0.1) is 0 Å². The molecule has 5 nitrogen and oxygen atoms in total. The summed E-state index contributed by atoms with van der Waals surface area (Å²) in [5.41, 5.74) is 2.33. The largest absolute Gasteiger partial charge is 0.357 e. The lowest BCUT2D eigenvalue weighted by atomic mass is 9.67. The van der Waals surface area contributed by atoms with Crippen LogP contribution in [0.3, 0.4) is 0 Å². The molecule has 0 unspecified atom stereocenters. The Morgan fingerprint density at radius 3 is 2.52 bits per heavy atom. The lowest BCUT2D eigenvalue weighted by molar-refractivity contribution is 0.0827. The first-order valence-corrected chi connectivity index (χ1v) is 9.82. The second-order valence-electron chi connectivity index (χ2n) is 7.48. The summed E-state index contributed by atoms with van der Waals surface area (Å²) >= 11 is 0. The van der Waals surface area contributed by atoms with E-state index in [4.69, 9.17) is 4.99 Å². The molecule has 1 aliphatic rings. The molecule has 1 amide bonds. The van der Waals surface area contributed by atoms with Gasteiger partial charge >= 0.3 is 0 Å². The van der Waals surface area contributed by atoms with E-state index in [-0.39, 0.29) is 29.9 Å². The Balaban J connectivity index is 0.00000364. The summed E-state index contributed by atoms with van der Waals surface area (Å²) in [5, 5.41) is 6.77. The third kappa shape index (κ3) is 6.97. The summed E-state index contributed by atoms with van der Waals surface area (Å²) < 4.78 is 0. The summed E-state index contributed by atoms with van der Waals surface area (Å²) in [6.07, 6.45) is 6.02. The fourth-order valence-electron chi connectivity index (χ4n) is 3.33. The molecule has 2 N–H and O–H groups in total. The van der Waals surface area contributed by atoms with Crippen molar-refractivity contribution in [2.75, 3.05) is 33.7 Å². The van der Waals surface area contributed by atoms with Crippen molar-refractivity contribution in [3.05, 3.63) is 35.4 Å². The molecule has 0 atom stereocenters. The highest BCUT2D eigenvalue weighted by Gasteiger charge is 2.34. The van der Waals surface area contributed by atoms with Crippen LogP contribution in [0.1, 0.15) is 55.5 Å². The van der Waals surface area contributed by atoms with Crippen molar-refractivity contribution in [2.45, 2.75) is 46.0 Å². The maximum atomic E-state index is 12.1. The van der Waals surface area contributed by atoms with Gasteiger partial charge in [0.15, 0.2) is 5.96 Å². The second-order valence-corrected chi connectivity index (χ2v) is 7.48. The molecule has 0 bridgehead atoms. The van der Waals surface area contributed by atoms with Crippen LogP contribution in [0.2, 0.25) is 0 Å². The molecule has 27 heavy (non-hydrogen) atoms. The molecule has 1 aromatic carbocycles. The number of carbonyl (C=O) groups is 1. The number of hydrogen-bond acceptors (Lipinski definition) is 2. The number of guanidine groups is 1. The van der Waals surface area contributed by atoms with E-state index in [0.717, 1.165) is 43.1 Å². The van der Waals surface area contributed by atoms with Crippen LogP contribution in [0.25, 0.3) is 0 Å². The maximum Gasteiger partial charge on any atom is 0.253 e. The highest BCUT2D eigenvalue weighted by atomic mass is 127. The molecule has 6 heteroatoms. The highest BCUT2D eigenvalue weighted by molar-refractivity contribution is 14.0. The molecule has 1 aromatic rings. The van der Waals surface area contributed by atoms with Gasteiger partial charge in [0.25, 0.3) is 5.91 Å². The van der Waals surface area contributed by atoms with Gasteiger partial charge in [-0.25, -0.2) is 0 Å². The fourth-order valence-corrected chi connectivity index (χ4v) is 3.33. The highest BCUT2D eigenvalue weighted by Crippen LogP contribution is 2.43. The Labute approximate surface area is 181 Å². The first kappa shape index (κ1) is 23.7. The average Bonchev–Trinajstić information content (AvgIpc) is 2.60. The van der Waals surface area contributed by atoms with Crippen LogP contribution in [0.4, 0.5) is 0 Å². The normalized spacial score (nSPS) is 15.3. The molecule has 152 valence electrons. The smallest absolute Gasteiger partial charge is 0.253 e. The van der Waals surface area contributed by atoms with Gasteiger partial charge in [-0.3, -0.25) is 9.79 Å². The van der Waals surface area contributed by atoms with Gasteiger partial charge in [-0.05, 0) is 55.7 Å². The molecule has 0 aliphatic heterocycles. The number of aliphatic imine (C=N–C) groups is 1. The van der Waals surface area contributed by atoms with Gasteiger partial charge in [-0.2, -0.15) is 0 Å². The van der Waals surface area contributed by atoms with Crippen molar-refractivity contribution in [3.8, 4) is 0 Å². The van der Waals surface area contributed by atoms with Crippen LogP contribution >= 0.6 is 24.0 Å². The summed E-state index contributed by atoms with van der Waals surface area (Å²) in [6, 6.07) is 7.87. The maximum absolute atomic E-state index is 12.1. The Morgan fingerprint density at radius 1 is 1.22 bits per heavy atom. The summed E-state index contributed by atoms with van der Waals surface area (Å²) in [6.45, 7) is 6.93. The Morgan fingerprint density at radius 2 is 1.96 bits per heavy atom. The van der Waals surface area contributed by atoms with Crippen molar-refractivity contribution < 1.29 is 4.79 Å². The van der Waals surface area contributed by atoms with Crippen LogP contribution in [0.5, 0.6) is 0 Å². The Bertz CT molecular complexity index is 621. The average molecular weight is 486 g/mol. The standard InChI is InChI=1S/C21H34N4O.HI/c1-5-21(12-8-13-21)16-24-20(22-6-2)23-14-11-17-9-7-10-18(15-17)19(26)25(3)4;/h7,9-10,15H,5-6,8,11-14,16H2,1-4H3,(H2,22,23,24);1H. The summed E-state index contributed by atoms with van der Waals surface area (Å²) in [7, 11) is 3.56. The van der Waals surface area contributed by atoms with Gasteiger partial charge < -0.3 is 15.5 Å². The van der Waals surface area contributed by atoms with E-state index in [2.05, 4.69) is 30.5 Å². The van der Waals surface area contributed by atoms with Crippen LogP contribution in [0.15, 0.2) is 29.3 Å². The van der Waals surface area contributed by atoms with Gasteiger partial charge in [0, 0.05) is 39.3 Å². The Kier molecular flexibility index (Phi) is 10.1. The Hall–Kier alpha value is -1.31. The predicted molar refractivity (Wildman–Crippen MR) is 124 cm³/mol. The van der Waals surface area contributed by atoms with Gasteiger partial charge in [0.2, 0.25) is 0 Å². The zero-order valence-corrected chi connectivity index (χ0v) is 19.5. The zero-order chi connectivity index (χ0) is 19.0. The molecule has 2 rings (SSSR count). The first-order chi connectivity index (χ1) is 12.5. The lowest BCUT2D eigenvalue weighted by Gasteiger charge is -2.40. The fraction of sp³-hybridized carbons (Fsp3) is 0.619. The van der Waals surface area contributed by atoms with Crippen LogP contribution < -0.4 is 10.6 Å². The third-order valence-electron chi connectivity index (χ3n) is 5.37. The van der Waals surface area contributed by atoms with Crippen molar-refractivity contribution >= 4 is 35.8 Å². The molecular formula is C21H35IN4O. The number of nitrogens with zero attached hydrogens (tertiary/aromatic N) is 2. The van der Waals surface area contributed by atoms with Crippen molar-refractivity contribution in [1.82, 2.24) is 15.5 Å². The van der Waals surface area contributed by atoms with Crippen molar-refractivity contribution in [1.29, 1.82) is 0 Å². The molecule has 1 saturated carbocycles. The molecule has 0 spiro atoms. The third-order valence-corrected chi connectivity index (χ3v) is 5.37. The lowest BCUT2D eigenvalue weighted by Crippen LogP contribution is -2.40. The van der Waals surface area contributed by atoms with Gasteiger partial charge in [0.1, 0.15) is 0 Å². The molecule has 1 aliphatic carbocycles. The van der Waals surface area contributed by atoms with E-state index < -0.39 is 0 Å². The second kappa shape index (κ2) is 11.5. The topological polar surface area (TPSA) is 56.7 Å². The van der Waals surface area contributed by atoms with Crippen LogP contribution in [-0.2, 0) is 6.42 Å². The van der Waals surface area contributed by atoms with E-state index in [0.29, 0.717) is 5.41 Å². The molecular weight excluding hydrogens is 451 g/mol. The quantitative estimate of drug-likeness (QED) is 0.335. The van der Waals surface area contributed by atoms with E-state index in [9.17, 15) is 4.79 Å². The van der Waals surface area contributed by atoms with Gasteiger partial charge in [-0.1, -0.05) is 25.5 Å². The number of carbonyl (C=O) groups excluding carboxylic acids is 1. The SMILES string of the molecule is CCNC(=NCC1(CC)CCC1)NCCc1cccc(C(=O)N(C)C)c1.I. The van der Waals surface area contributed by atoms with E-state index in [1.165, 1.54) is 25.7 Å². The summed E-state index contributed by atoms with van der Waals surface area (Å²) in [5.74, 6) is 0.938. The number of halogens is 1.